The third-order valence-corrected chi connectivity index (χ3v) is 6.38. The maximum atomic E-state index is 3.48. The lowest BCUT2D eigenvalue weighted by Gasteiger charge is -2.44. The average Bonchev–Trinajstić information content (AvgIpc) is 2.52. The highest BCUT2D eigenvalue weighted by molar-refractivity contribution is 4.88. The summed E-state index contributed by atoms with van der Waals surface area (Å²) in [6.07, 6.45) is 16.4. The second kappa shape index (κ2) is 7.26. The quantitative estimate of drug-likeness (QED) is 0.841. The summed E-state index contributed by atoms with van der Waals surface area (Å²) in [6.45, 7) is 6.69. The van der Waals surface area contributed by atoms with E-state index in [-0.39, 0.29) is 0 Å². The molecule has 1 aliphatic carbocycles. The van der Waals surface area contributed by atoms with Crippen LogP contribution in [0.1, 0.15) is 70.6 Å². The third-order valence-electron chi connectivity index (χ3n) is 6.38. The number of hydrogen-bond donors (Lipinski definition) is 1. The van der Waals surface area contributed by atoms with Gasteiger partial charge in [-0.15, -0.1) is 0 Å². The van der Waals surface area contributed by atoms with E-state index in [0.29, 0.717) is 0 Å². The van der Waals surface area contributed by atoms with Gasteiger partial charge in [0.1, 0.15) is 0 Å². The van der Waals surface area contributed by atoms with Crippen molar-refractivity contribution < 1.29 is 0 Å². The fourth-order valence-electron chi connectivity index (χ4n) is 4.83. The van der Waals surface area contributed by atoms with Gasteiger partial charge in [-0.05, 0) is 95.4 Å². The summed E-state index contributed by atoms with van der Waals surface area (Å²) in [5.41, 5.74) is 0.782. The second-order valence-corrected chi connectivity index (χ2v) is 7.74. The Hall–Kier alpha value is -0.0800. The average molecular weight is 278 g/mol. The van der Waals surface area contributed by atoms with Crippen molar-refractivity contribution in [3.8, 4) is 0 Å². The van der Waals surface area contributed by atoms with Crippen molar-refractivity contribution in [3.63, 3.8) is 0 Å². The first-order valence-electron chi connectivity index (χ1n) is 9.29. The van der Waals surface area contributed by atoms with Crippen molar-refractivity contribution in [2.24, 2.45) is 11.3 Å². The van der Waals surface area contributed by atoms with Gasteiger partial charge in [-0.2, -0.15) is 0 Å². The lowest BCUT2D eigenvalue weighted by atomic mass is 9.68. The summed E-state index contributed by atoms with van der Waals surface area (Å²) in [5, 5.41) is 3.48. The van der Waals surface area contributed by atoms with Gasteiger partial charge in [-0.3, -0.25) is 0 Å². The highest BCUT2D eigenvalue weighted by Crippen LogP contribution is 2.44. The molecule has 2 heteroatoms. The van der Waals surface area contributed by atoms with Gasteiger partial charge in [-0.25, -0.2) is 0 Å². The molecule has 2 heterocycles. The van der Waals surface area contributed by atoms with E-state index in [1.807, 2.05) is 0 Å². The number of nitrogens with one attached hydrogen (secondary N) is 1. The van der Waals surface area contributed by atoms with Gasteiger partial charge in [0.25, 0.3) is 0 Å². The van der Waals surface area contributed by atoms with Crippen LogP contribution in [0.5, 0.6) is 0 Å². The molecular formula is C18H34N2. The molecule has 0 aromatic rings. The van der Waals surface area contributed by atoms with Crippen molar-refractivity contribution in [2.75, 3.05) is 32.7 Å². The molecule has 0 amide bonds. The maximum Gasteiger partial charge on any atom is -0.00134 e. The lowest BCUT2D eigenvalue weighted by molar-refractivity contribution is 0.0662. The van der Waals surface area contributed by atoms with Crippen LogP contribution in [0.3, 0.4) is 0 Å². The number of likely N-dealkylation sites (tertiary alicyclic amines) is 1. The number of rotatable bonds is 4. The summed E-state index contributed by atoms with van der Waals surface area (Å²) >= 11 is 0. The SMILES string of the molecule is C1CCC2(CC1)CCN(CCCC1CCNCC1)CC2. The monoisotopic (exact) mass is 278 g/mol. The van der Waals surface area contributed by atoms with Gasteiger partial charge in [0.15, 0.2) is 0 Å². The normalized spacial score (nSPS) is 28.8. The van der Waals surface area contributed by atoms with Crippen LogP contribution < -0.4 is 5.32 Å². The molecule has 0 aromatic heterocycles. The zero-order valence-electron chi connectivity index (χ0n) is 13.3. The Labute approximate surface area is 125 Å². The minimum absolute atomic E-state index is 0.782. The Morgan fingerprint density at radius 1 is 0.900 bits per heavy atom. The van der Waals surface area contributed by atoms with Crippen molar-refractivity contribution in [1.82, 2.24) is 10.2 Å². The van der Waals surface area contributed by atoms with Crippen LogP contribution in [0.4, 0.5) is 0 Å². The van der Waals surface area contributed by atoms with Crippen molar-refractivity contribution in [3.05, 3.63) is 0 Å². The molecule has 0 atom stereocenters. The van der Waals surface area contributed by atoms with Gasteiger partial charge in [0, 0.05) is 0 Å². The Morgan fingerprint density at radius 2 is 1.60 bits per heavy atom. The molecule has 3 rings (SSSR count). The predicted molar refractivity (Wildman–Crippen MR) is 86.0 cm³/mol. The molecule has 2 aliphatic heterocycles. The van der Waals surface area contributed by atoms with Crippen molar-refractivity contribution in [1.29, 1.82) is 0 Å². The molecule has 2 nitrogen and oxygen atoms in total. The van der Waals surface area contributed by atoms with Crippen LogP contribution in [0.25, 0.3) is 0 Å². The van der Waals surface area contributed by atoms with E-state index >= 15 is 0 Å². The first-order valence-corrected chi connectivity index (χ1v) is 9.29. The Balaban J connectivity index is 1.32. The minimum Gasteiger partial charge on any atom is -0.317 e. The Morgan fingerprint density at radius 3 is 2.30 bits per heavy atom. The number of piperidine rings is 2. The standard InChI is InChI=1S/C18H34N2/c1-2-8-18(9-3-1)10-15-20(16-11-18)14-4-5-17-6-12-19-13-7-17/h17,19H,1-16H2. The molecule has 1 spiro atoms. The van der Waals surface area contributed by atoms with Crippen LogP contribution in [-0.2, 0) is 0 Å². The molecule has 1 N–H and O–H groups in total. The molecule has 0 bridgehead atoms. The van der Waals surface area contributed by atoms with E-state index < -0.39 is 0 Å². The summed E-state index contributed by atoms with van der Waals surface area (Å²) in [4.78, 5) is 2.76. The van der Waals surface area contributed by atoms with Crippen LogP contribution in [0, 0.1) is 11.3 Å². The van der Waals surface area contributed by atoms with Gasteiger partial charge < -0.3 is 10.2 Å². The van der Waals surface area contributed by atoms with Gasteiger partial charge in [0.05, 0.1) is 0 Å². The van der Waals surface area contributed by atoms with E-state index in [1.54, 1.807) is 0 Å². The first-order chi connectivity index (χ1) is 9.86. The molecule has 3 fully saturated rings. The first kappa shape index (κ1) is 14.8. The second-order valence-electron chi connectivity index (χ2n) is 7.74. The van der Waals surface area contributed by atoms with Crippen LogP contribution >= 0.6 is 0 Å². The molecule has 0 radical (unpaired) electrons. The van der Waals surface area contributed by atoms with Gasteiger partial charge in [0.2, 0.25) is 0 Å². The predicted octanol–water partition coefficient (Wildman–Crippen LogP) is 3.81. The highest BCUT2D eigenvalue weighted by atomic mass is 15.1. The van der Waals surface area contributed by atoms with E-state index in [1.165, 1.54) is 103 Å². The Kier molecular flexibility index (Phi) is 5.39. The van der Waals surface area contributed by atoms with Crippen molar-refractivity contribution >= 4 is 0 Å². The summed E-state index contributed by atoms with van der Waals surface area (Å²) in [5.74, 6) is 1.02. The fourth-order valence-corrected chi connectivity index (χ4v) is 4.83. The molecule has 0 unspecified atom stereocenters. The lowest BCUT2D eigenvalue weighted by Crippen LogP contribution is -2.41. The largest absolute Gasteiger partial charge is 0.317 e. The summed E-state index contributed by atoms with van der Waals surface area (Å²) in [7, 11) is 0. The van der Waals surface area contributed by atoms with Crippen molar-refractivity contribution in [2.45, 2.75) is 70.6 Å². The molecule has 3 aliphatic rings. The zero-order chi connectivity index (χ0) is 13.7. The molecule has 0 aromatic carbocycles. The molecular weight excluding hydrogens is 244 g/mol. The van der Waals surface area contributed by atoms with E-state index in [9.17, 15) is 0 Å². The number of nitrogens with zero attached hydrogens (tertiary/aromatic N) is 1. The molecule has 116 valence electrons. The van der Waals surface area contributed by atoms with E-state index in [0.717, 1.165) is 11.3 Å². The molecule has 2 saturated heterocycles. The molecule has 1 saturated carbocycles. The number of hydrogen-bond acceptors (Lipinski definition) is 2. The third kappa shape index (κ3) is 3.98. The highest BCUT2D eigenvalue weighted by Gasteiger charge is 2.35. The van der Waals surface area contributed by atoms with Gasteiger partial charge in [-0.1, -0.05) is 19.3 Å². The topological polar surface area (TPSA) is 15.3 Å². The zero-order valence-corrected chi connectivity index (χ0v) is 13.3. The van der Waals surface area contributed by atoms with Crippen LogP contribution in [0.15, 0.2) is 0 Å². The van der Waals surface area contributed by atoms with E-state index in [4.69, 9.17) is 0 Å². The summed E-state index contributed by atoms with van der Waals surface area (Å²) in [6, 6.07) is 0. The smallest absolute Gasteiger partial charge is 0.00134 e. The minimum atomic E-state index is 0.782. The maximum absolute atomic E-state index is 3.48. The fraction of sp³-hybridized carbons (Fsp3) is 1.00. The Bertz CT molecular complexity index is 267. The van der Waals surface area contributed by atoms with Crippen LogP contribution in [-0.4, -0.2) is 37.6 Å². The summed E-state index contributed by atoms with van der Waals surface area (Å²) < 4.78 is 0. The molecule has 20 heavy (non-hydrogen) atoms. The van der Waals surface area contributed by atoms with Gasteiger partial charge >= 0.3 is 0 Å². The van der Waals surface area contributed by atoms with E-state index in [2.05, 4.69) is 10.2 Å². The van der Waals surface area contributed by atoms with Crippen LogP contribution in [0.2, 0.25) is 0 Å².